The van der Waals surface area contributed by atoms with E-state index < -0.39 is 5.54 Å². The van der Waals surface area contributed by atoms with Gasteiger partial charge in [0.05, 0.1) is 5.54 Å². The first-order valence-corrected chi connectivity index (χ1v) is 6.75. The molecular formula is C13H27N3O2. The topological polar surface area (TPSA) is 87.7 Å². The van der Waals surface area contributed by atoms with Crippen molar-refractivity contribution in [2.45, 2.75) is 65.3 Å². The van der Waals surface area contributed by atoms with E-state index in [1.165, 1.54) is 0 Å². The molecule has 5 nitrogen and oxygen atoms in total. The summed E-state index contributed by atoms with van der Waals surface area (Å²) in [4.78, 5) is 12.2. The molecule has 0 aromatic heterocycles. The van der Waals surface area contributed by atoms with E-state index in [4.69, 9.17) is 10.9 Å². The minimum Gasteiger partial charge on any atom is -0.409 e. The molecule has 1 unspecified atom stereocenters. The van der Waals surface area contributed by atoms with E-state index in [2.05, 4.69) is 24.3 Å². The Morgan fingerprint density at radius 2 is 1.83 bits per heavy atom. The first-order chi connectivity index (χ1) is 8.45. The van der Waals surface area contributed by atoms with Crippen molar-refractivity contribution in [3.05, 3.63) is 0 Å². The number of amides is 1. The van der Waals surface area contributed by atoms with E-state index >= 15 is 0 Å². The maximum Gasteiger partial charge on any atom is 0.223 e. The average molecular weight is 257 g/mol. The molecule has 0 aromatic carbocycles. The van der Waals surface area contributed by atoms with Crippen molar-refractivity contribution in [2.75, 3.05) is 0 Å². The molecule has 18 heavy (non-hydrogen) atoms. The predicted octanol–water partition coefficient (Wildman–Crippen LogP) is 2.23. The zero-order valence-corrected chi connectivity index (χ0v) is 12.0. The highest BCUT2D eigenvalue weighted by molar-refractivity contribution is 5.93. The fraction of sp³-hybridized carbons (Fsp3) is 0.846. The lowest BCUT2D eigenvalue weighted by atomic mass is 9.92. The van der Waals surface area contributed by atoms with E-state index in [0.717, 1.165) is 25.7 Å². The molecule has 0 fully saturated rings. The van der Waals surface area contributed by atoms with Crippen LogP contribution in [0.3, 0.4) is 0 Å². The molecule has 0 rings (SSSR count). The van der Waals surface area contributed by atoms with Gasteiger partial charge in [0.15, 0.2) is 5.84 Å². The van der Waals surface area contributed by atoms with Crippen LogP contribution in [0.2, 0.25) is 0 Å². The van der Waals surface area contributed by atoms with E-state index in [0.29, 0.717) is 6.42 Å². The zero-order valence-electron chi connectivity index (χ0n) is 12.0. The van der Waals surface area contributed by atoms with Gasteiger partial charge in [-0.3, -0.25) is 4.79 Å². The van der Waals surface area contributed by atoms with Crippen molar-refractivity contribution < 1.29 is 10.0 Å². The van der Waals surface area contributed by atoms with Crippen LogP contribution < -0.4 is 11.1 Å². The fourth-order valence-corrected chi connectivity index (χ4v) is 1.92. The Hall–Kier alpha value is -1.26. The van der Waals surface area contributed by atoms with Crippen molar-refractivity contribution >= 4 is 11.7 Å². The normalized spacial score (nSPS) is 15.5. The first-order valence-electron chi connectivity index (χ1n) is 6.75. The molecule has 0 aliphatic heterocycles. The number of hydrogen-bond donors (Lipinski definition) is 3. The fourth-order valence-electron chi connectivity index (χ4n) is 1.92. The highest BCUT2D eigenvalue weighted by Crippen LogP contribution is 2.17. The van der Waals surface area contributed by atoms with Crippen molar-refractivity contribution in [2.24, 2.45) is 16.8 Å². The molecule has 0 saturated carbocycles. The van der Waals surface area contributed by atoms with Crippen LogP contribution in [-0.2, 0) is 4.79 Å². The monoisotopic (exact) mass is 257 g/mol. The molecule has 0 aliphatic rings. The summed E-state index contributed by atoms with van der Waals surface area (Å²) in [6.07, 6.45) is 4.28. The molecule has 0 bridgehead atoms. The lowest BCUT2D eigenvalue weighted by Gasteiger charge is -2.30. The number of oxime groups is 1. The molecule has 0 spiro atoms. The van der Waals surface area contributed by atoms with Crippen LogP contribution in [0.15, 0.2) is 5.16 Å². The number of hydrogen-bond acceptors (Lipinski definition) is 3. The Morgan fingerprint density at radius 1 is 1.33 bits per heavy atom. The summed E-state index contributed by atoms with van der Waals surface area (Å²) < 4.78 is 0. The lowest BCUT2D eigenvalue weighted by Crippen LogP contribution is -2.56. The molecule has 1 atom stereocenters. The Labute approximate surface area is 110 Å². The summed E-state index contributed by atoms with van der Waals surface area (Å²) in [5.74, 6) is 0.0529. The van der Waals surface area contributed by atoms with Crippen LogP contribution in [0.4, 0.5) is 0 Å². The molecule has 0 aliphatic carbocycles. The third-order valence-electron chi connectivity index (χ3n) is 3.42. The van der Waals surface area contributed by atoms with Gasteiger partial charge in [0.25, 0.3) is 0 Å². The summed E-state index contributed by atoms with van der Waals surface area (Å²) in [5.41, 5.74) is 4.87. The third-order valence-corrected chi connectivity index (χ3v) is 3.42. The lowest BCUT2D eigenvalue weighted by molar-refractivity contribution is -0.126. The SMILES string of the molecule is CCCC(CCC)C(=O)NC(C)(CC)C(N)=NO. The number of rotatable bonds is 8. The van der Waals surface area contributed by atoms with Crippen LogP contribution in [0.1, 0.15) is 59.8 Å². The van der Waals surface area contributed by atoms with E-state index in [1.54, 1.807) is 6.92 Å². The van der Waals surface area contributed by atoms with E-state index in [1.807, 2.05) is 6.92 Å². The van der Waals surface area contributed by atoms with Gasteiger partial charge in [-0.05, 0) is 26.2 Å². The van der Waals surface area contributed by atoms with Gasteiger partial charge in [0.2, 0.25) is 5.91 Å². The second-order valence-corrected chi connectivity index (χ2v) is 4.93. The molecular weight excluding hydrogens is 230 g/mol. The van der Waals surface area contributed by atoms with E-state index in [9.17, 15) is 4.79 Å². The van der Waals surface area contributed by atoms with Gasteiger partial charge in [0.1, 0.15) is 0 Å². The van der Waals surface area contributed by atoms with Crippen molar-refractivity contribution in [1.29, 1.82) is 0 Å². The van der Waals surface area contributed by atoms with Gasteiger partial charge in [-0.1, -0.05) is 38.8 Å². The average Bonchev–Trinajstić information content (AvgIpc) is 2.37. The number of carbonyl (C=O) groups excluding carboxylic acids is 1. The highest BCUT2D eigenvalue weighted by atomic mass is 16.4. The molecule has 1 amide bonds. The van der Waals surface area contributed by atoms with Crippen LogP contribution in [-0.4, -0.2) is 22.5 Å². The summed E-state index contributed by atoms with van der Waals surface area (Å²) >= 11 is 0. The summed E-state index contributed by atoms with van der Waals surface area (Å²) in [7, 11) is 0. The Balaban J connectivity index is 4.77. The molecule has 5 heteroatoms. The molecule has 0 saturated heterocycles. The number of carbonyl (C=O) groups is 1. The van der Waals surface area contributed by atoms with Gasteiger partial charge in [-0.15, -0.1) is 0 Å². The maximum atomic E-state index is 12.2. The highest BCUT2D eigenvalue weighted by Gasteiger charge is 2.31. The smallest absolute Gasteiger partial charge is 0.223 e. The number of amidine groups is 1. The second kappa shape index (κ2) is 7.95. The van der Waals surface area contributed by atoms with Crippen molar-refractivity contribution in [1.82, 2.24) is 5.32 Å². The standard InChI is InChI=1S/C13H27N3O2/c1-5-8-10(9-6-2)11(17)15-13(4,7-3)12(14)16-18/h10,18H,5-9H2,1-4H3,(H2,14,16)(H,15,17). The minimum absolute atomic E-state index is 0.00495. The third kappa shape index (κ3) is 4.55. The van der Waals surface area contributed by atoms with Gasteiger partial charge in [0, 0.05) is 5.92 Å². The number of nitrogens with one attached hydrogen (secondary N) is 1. The number of nitrogens with two attached hydrogens (primary N) is 1. The summed E-state index contributed by atoms with van der Waals surface area (Å²) in [6, 6.07) is 0. The Bertz CT molecular complexity index is 286. The van der Waals surface area contributed by atoms with Gasteiger partial charge in [-0.25, -0.2) is 0 Å². The molecule has 0 radical (unpaired) electrons. The largest absolute Gasteiger partial charge is 0.409 e. The maximum absolute atomic E-state index is 12.2. The van der Waals surface area contributed by atoms with Crippen molar-refractivity contribution in [3.8, 4) is 0 Å². The quantitative estimate of drug-likeness (QED) is 0.270. The number of nitrogens with zero attached hydrogens (tertiary/aromatic N) is 1. The summed E-state index contributed by atoms with van der Waals surface area (Å²) in [6.45, 7) is 7.80. The second-order valence-electron chi connectivity index (χ2n) is 4.93. The molecule has 0 aromatic rings. The van der Waals surface area contributed by atoms with Crippen LogP contribution in [0.5, 0.6) is 0 Å². The Kier molecular flexibility index (Phi) is 7.39. The van der Waals surface area contributed by atoms with Gasteiger partial charge < -0.3 is 16.3 Å². The summed E-state index contributed by atoms with van der Waals surface area (Å²) in [5, 5.41) is 14.7. The minimum atomic E-state index is -0.772. The van der Waals surface area contributed by atoms with Crippen LogP contribution in [0.25, 0.3) is 0 Å². The van der Waals surface area contributed by atoms with Gasteiger partial charge >= 0.3 is 0 Å². The Morgan fingerprint density at radius 3 is 2.17 bits per heavy atom. The zero-order chi connectivity index (χ0) is 14.2. The van der Waals surface area contributed by atoms with Crippen molar-refractivity contribution in [3.63, 3.8) is 0 Å². The first kappa shape index (κ1) is 16.7. The van der Waals surface area contributed by atoms with Gasteiger partial charge in [-0.2, -0.15) is 0 Å². The van der Waals surface area contributed by atoms with E-state index in [-0.39, 0.29) is 17.7 Å². The molecule has 106 valence electrons. The van der Waals surface area contributed by atoms with Crippen LogP contribution in [0, 0.1) is 5.92 Å². The predicted molar refractivity (Wildman–Crippen MR) is 73.6 cm³/mol. The van der Waals surface area contributed by atoms with Crippen LogP contribution >= 0.6 is 0 Å². The molecule has 0 heterocycles. The molecule has 4 N–H and O–H groups in total.